The maximum absolute atomic E-state index is 13.1. The molecular formula is C16H17NO5S2. The summed E-state index contributed by atoms with van der Waals surface area (Å²) in [6, 6.07) is 4.63. The van der Waals surface area contributed by atoms with E-state index < -0.39 is 26.4 Å². The fourth-order valence-electron chi connectivity index (χ4n) is 2.58. The van der Waals surface area contributed by atoms with Crippen molar-refractivity contribution in [3.63, 3.8) is 0 Å². The molecule has 1 heterocycles. The average Bonchev–Trinajstić information content (AvgIpc) is 3.23. The van der Waals surface area contributed by atoms with E-state index in [-0.39, 0.29) is 27.0 Å². The Bertz CT molecular complexity index is 955. The lowest BCUT2D eigenvalue weighted by molar-refractivity contribution is 0.103. The zero-order valence-electron chi connectivity index (χ0n) is 13.5. The van der Waals surface area contributed by atoms with Gasteiger partial charge in [-0.2, -0.15) is 0 Å². The van der Waals surface area contributed by atoms with Crippen molar-refractivity contribution in [1.29, 1.82) is 0 Å². The highest BCUT2D eigenvalue weighted by Crippen LogP contribution is 2.43. The number of aryl methyl sites for hydroxylation is 1. The number of rotatable bonds is 5. The largest absolute Gasteiger partial charge is 0.359 e. The van der Waals surface area contributed by atoms with Crippen LogP contribution in [-0.4, -0.2) is 36.1 Å². The predicted molar refractivity (Wildman–Crippen MR) is 88.5 cm³/mol. The van der Waals surface area contributed by atoms with Crippen molar-refractivity contribution in [3.8, 4) is 0 Å². The maximum atomic E-state index is 13.1. The Morgan fingerprint density at radius 3 is 2.54 bits per heavy atom. The van der Waals surface area contributed by atoms with Crippen molar-refractivity contribution in [2.24, 2.45) is 0 Å². The SMILES string of the molecule is Cc1ccc(C(=O)c2c(S(C)=O)noc2C2CC2)c(S(C)(=O)=O)c1. The van der Waals surface area contributed by atoms with Gasteiger partial charge in [0.25, 0.3) is 0 Å². The predicted octanol–water partition coefficient (Wildman–Crippen LogP) is 2.23. The van der Waals surface area contributed by atoms with Gasteiger partial charge < -0.3 is 4.52 Å². The lowest BCUT2D eigenvalue weighted by Crippen LogP contribution is -2.12. The van der Waals surface area contributed by atoms with Crippen LogP contribution in [-0.2, 0) is 20.6 Å². The number of ketones is 1. The molecule has 0 aliphatic heterocycles. The number of sulfone groups is 1. The van der Waals surface area contributed by atoms with Crippen molar-refractivity contribution in [1.82, 2.24) is 5.16 Å². The first kappa shape index (κ1) is 17.0. The molecule has 1 atom stereocenters. The van der Waals surface area contributed by atoms with E-state index in [1.54, 1.807) is 13.0 Å². The molecule has 128 valence electrons. The zero-order valence-corrected chi connectivity index (χ0v) is 15.2. The first-order chi connectivity index (χ1) is 11.2. The number of carbonyl (C=O) groups is 1. The first-order valence-electron chi connectivity index (χ1n) is 7.38. The Morgan fingerprint density at radius 1 is 1.33 bits per heavy atom. The monoisotopic (exact) mass is 367 g/mol. The molecule has 0 saturated heterocycles. The van der Waals surface area contributed by atoms with Gasteiger partial charge in [-0.3, -0.25) is 9.00 Å². The molecule has 0 spiro atoms. The number of aromatic nitrogens is 1. The average molecular weight is 367 g/mol. The highest BCUT2D eigenvalue weighted by atomic mass is 32.2. The van der Waals surface area contributed by atoms with E-state index >= 15 is 0 Å². The molecule has 1 fully saturated rings. The molecule has 1 saturated carbocycles. The van der Waals surface area contributed by atoms with Gasteiger partial charge in [-0.05, 0) is 37.5 Å². The van der Waals surface area contributed by atoms with Gasteiger partial charge in [-0.1, -0.05) is 11.2 Å². The molecule has 6 nitrogen and oxygen atoms in total. The van der Waals surface area contributed by atoms with Gasteiger partial charge in [0.15, 0.2) is 20.6 Å². The van der Waals surface area contributed by atoms with Crippen LogP contribution in [0.2, 0.25) is 0 Å². The van der Waals surface area contributed by atoms with Crippen molar-refractivity contribution in [3.05, 3.63) is 40.6 Å². The van der Waals surface area contributed by atoms with Gasteiger partial charge in [0.1, 0.15) is 5.56 Å². The molecule has 24 heavy (non-hydrogen) atoms. The minimum absolute atomic E-state index is 0.0386. The Hall–Kier alpha value is -1.80. The summed E-state index contributed by atoms with van der Waals surface area (Å²) >= 11 is 0. The smallest absolute Gasteiger partial charge is 0.200 e. The summed E-state index contributed by atoms with van der Waals surface area (Å²) in [7, 11) is -5.10. The topological polar surface area (TPSA) is 94.3 Å². The molecular weight excluding hydrogens is 350 g/mol. The van der Waals surface area contributed by atoms with Crippen LogP contribution >= 0.6 is 0 Å². The Morgan fingerprint density at radius 2 is 2.00 bits per heavy atom. The standard InChI is InChI=1S/C16H17NO5S2/c1-9-4-7-11(12(8-9)24(3,20)21)14(18)13-15(10-5-6-10)22-17-16(13)23(2)19/h4,7-8,10H,5-6H2,1-3H3. The van der Waals surface area contributed by atoms with Crippen molar-refractivity contribution in [2.75, 3.05) is 12.5 Å². The van der Waals surface area contributed by atoms with Gasteiger partial charge in [0.05, 0.1) is 15.7 Å². The third kappa shape index (κ3) is 3.08. The van der Waals surface area contributed by atoms with Gasteiger partial charge in [-0.25, -0.2) is 8.42 Å². The number of benzene rings is 1. The second kappa shape index (κ2) is 5.93. The Labute approximate surface area is 142 Å². The first-order valence-corrected chi connectivity index (χ1v) is 10.8. The summed E-state index contributed by atoms with van der Waals surface area (Å²) in [5.41, 5.74) is 0.936. The summed E-state index contributed by atoms with van der Waals surface area (Å²) in [5, 5.41) is 3.86. The molecule has 2 aromatic rings. The Balaban J connectivity index is 2.21. The van der Waals surface area contributed by atoms with Crippen LogP contribution < -0.4 is 0 Å². The van der Waals surface area contributed by atoms with Crippen LogP contribution in [0.3, 0.4) is 0 Å². The van der Waals surface area contributed by atoms with Crippen LogP contribution in [0.15, 0.2) is 32.6 Å². The van der Waals surface area contributed by atoms with E-state index in [4.69, 9.17) is 4.52 Å². The van der Waals surface area contributed by atoms with E-state index in [9.17, 15) is 17.4 Å². The molecule has 8 heteroatoms. The van der Waals surface area contributed by atoms with E-state index in [1.165, 1.54) is 18.4 Å². The van der Waals surface area contributed by atoms with Crippen LogP contribution in [0.5, 0.6) is 0 Å². The molecule has 0 N–H and O–H groups in total. The van der Waals surface area contributed by atoms with E-state index in [0.29, 0.717) is 5.76 Å². The van der Waals surface area contributed by atoms with Gasteiger partial charge in [-0.15, -0.1) is 0 Å². The van der Waals surface area contributed by atoms with Crippen LogP contribution in [0.4, 0.5) is 0 Å². The molecule has 0 bridgehead atoms. The lowest BCUT2D eigenvalue weighted by atomic mass is 10.0. The van der Waals surface area contributed by atoms with Gasteiger partial charge in [0.2, 0.25) is 5.78 Å². The summed E-state index contributed by atoms with van der Waals surface area (Å²) in [4.78, 5) is 13.0. The molecule has 1 aliphatic carbocycles. The molecule has 0 amide bonds. The number of hydrogen-bond donors (Lipinski definition) is 0. The fourth-order valence-corrected chi connectivity index (χ4v) is 4.16. The molecule has 1 aromatic carbocycles. The van der Waals surface area contributed by atoms with Crippen LogP contribution in [0, 0.1) is 6.92 Å². The van der Waals surface area contributed by atoms with Crippen molar-refractivity contribution in [2.45, 2.75) is 35.6 Å². The summed E-state index contributed by atoms with van der Waals surface area (Å²) in [6.07, 6.45) is 4.22. The number of hydrogen-bond acceptors (Lipinski definition) is 6. The molecule has 1 aromatic heterocycles. The fraction of sp³-hybridized carbons (Fsp3) is 0.375. The van der Waals surface area contributed by atoms with Gasteiger partial charge >= 0.3 is 0 Å². The molecule has 1 unspecified atom stereocenters. The number of nitrogens with zero attached hydrogens (tertiary/aromatic N) is 1. The number of carbonyl (C=O) groups excluding carboxylic acids is 1. The van der Waals surface area contributed by atoms with E-state index in [1.807, 2.05) is 0 Å². The second-order valence-corrected chi connectivity index (χ2v) is 9.34. The quantitative estimate of drug-likeness (QED) is 0.752. The Kier molecular flexibility index (Phi) is 4.21. The van der Waals surface area contributed by atoms with E-state index in [2.05, 4.69) is 5.16 Å². The molecule has 3 rings (SSSR count). The van der Waals surface area contributed by atoms with Crippen molar-refractivity contribution >= 4 is 26.4 Å². The highest BCUT2D eigenvalue weighted by molar-refractivity contribution is 7.90. The highest BCUT2D eigenvalue weighted by Gasteiger charge is 2.37. The normalized spacial score (nSPS) is 16.1. The third-order valence-electron chi connectivity index (χ3n) is 3.92. The second-order valence-electron chi connectivity index (χ2n) is 6.06. The minimum atomic E-state index is -3.59. The van der Waals surface area contributed by atoms with Gasteiger partial charge in [0, 0.05) is 24.0 Å². The summed E-state index contributed by atoms with van der Waals surface area (Å²) in [5.74, 6) is -0.0186. The zero-order chi connectivity index (χ0) is 17.6. The third-order valence-corrected chi connectivity index (χ3v) is 5.88. The molecule has 0 radical (unpaired) electrons. The van der Waals surface area contributed by atoms with E-state index in [0.717, 1.165) is 24.7 Å². The van der Waals surface area contributed by atoms with Crippen LogP contribution in [0.1, 0.15) is 46.0 Å². The summed E-state index contributed by atoms with van der Waals surface area (Å²) < 4.78 is 41.3. The van der Waals surface area contributed by atoms with Crippen LogP contribution in [0.25, 0.3) is 0 Å². The molecule has 1 aliphatic rings. The van der Waals surface area contributed by atoms with Crippen molar-refractivity contribution < 1.29 is 21.9 Å². The maximum Gasteiger partial charge on any atom is 0.200 e. The summed E-state index contributed by atoms with van der Waals surface area (Å²) in [6.45, 7) is 1.75. The lowest BCUT2D eigenvalue weighted by Gasteiger charge is -2.09. The minimum Gasteiger partial charge on any atom is -0.359 e.